The van der Waals surface area contributed by atoms with Crippen molar-refractivity contribution in [2.45, 2.75) is 29.9 Å². The summed E-state index contributed by atoms with van der Waals surface area (Å²) < 4.78 is 0.481. The second-order valence-corrected chi connectivity index (χ2v) is 8.78. The highest BCUT2D eigenvalue weighted by Crippen LogP contribution is 2.43. The molecule has 4 nitrogen and oxygen atoms in total. The highest BCUT2D eigenvalue weighted by molar-refractivity contribution is 8.16. The number of hydrogen-bond donors (Lipinski definition) is 1. The second-order valence-electron chi connectivity index (χ2n) is 6.05. The Morgan fingerprint density at radius 3 is 2.43 bits per heavy atom. The van der Waals surface area contributed by atoms with Crippen LogP contribution < -0.4 is 5.32 Å². The number of nitrogens with one attached hydrogen (secondary N) is 1. The summed E-state index contributed by atoms with van der Waals surface area (Å²) in [5.74, 6) is 2.23. The lowest BCUT2D eigenvalue weighted by Crippen LogP contribution is -2.39. The normalized spacial score (nSPS) is 18.5. The molecule has 1 aromatic carbocycles. The molecule has 2 amide bonds. The van der Waals surface area contributed by atoms with Crippen LogP contribution in [0.1, 0.15) is 39.8 Å². The van der Waals surface area contributed by atoms with E-state index in [0.717, 1.165) is 12.8 Å². The summed E-state index contributed by atoms with van der Waals surface area (Å²) in [6, 6.07) is 8.17. The van der Waals surface area contributed by atoms with E-state index in [-0.39, 0.29) is 18.4 Å². The molecule has 1 aliphatic carbocycles. The maximum Gasteiger partial charge on any atom is 0.254 e. The number of amides is 2. The Bertz CT molecular complexity index is 566. The first-order chi connectivity index (χ1) is 11.1. The van der Waals surface area contributed by atoms with Crippen molar-refractivity contribution in [2.75, 3.05) is 25.1 Å². The van der Waals surface area contributed by atoms with Gasteiger partial charge in [-0.25, -0.2) is 0 Å². The van der Waals surface area contributed by atoms with Gasteiger partial charge in [-0.05, 0) is 48.5 Å². The number of thioether (sulfide) groups is 2. The van der Waals surface area contributed by atoms with E-state index < -0.39 is 0 Å². The molecule has 0 spiro atoms. The summed E-state index contributed by atoms with van der Waals surface area (Å²) in [6.07, 6.45) is 3.39. The molecule has 1 aliphatic heterocycles. The standard InChI is InChI=1S/C17H22N2O2S2/c1-19(11-15(20)18-14-7-8-14)16(21)12-3-5-13(6-4-12)17-22-9-2-10-23-17/h3-6,14,17H,2,7-11H2,1H3,(H,18,20). The van der Waals surface area contributed by atoms with Gasteiger partial charge in [0.15, 0.2) is 0 Å². The number of carbonyl (C=O) groups excluding carboxylic acids is 2. The summed E-state index contributed by atoms with van der Waals surface area (Å²) in [5, 5.41) is 2.90. The molecule has 3 rings (SSSR count). The third kappa shape index (κ3) is 4.67. The van der Waals surface area contributed by atoms with Gasteiger partial charge in [-0.15, -0.1) is 23.5 Å². The second kappa shape index (κ2) is 7.62. The molecule has 1 aromatic rings. The van der Waals surface area contributed by atoms with Gasteiger partial charge in [0.25, 0.3) is 5.91 Å². The molecule has 1 saturated carbocycles. The highest BCUT2D eigenvalue weighted by Gasteiger charge is 2.24. The lowest BCUT2D eigenvalue weighted by molar-refractivity contribution is -0.121. The molecule has 0 aromatic heterocycles. The Kier molecular flexibility index (Phi) is 5.54. The first kappa shape index (κ1) is 16.7. The van der Waals surface area contributed by atoms with Crippen molar-refractivity contribution >= 4 is 35.3 Å². The Hall–Kier alpha value is -1.14. The number of hydrogen-bond acceptors (Lipinski definition) is 4. The predicted octanol–water partition coefficient (Wildman–Crippen LogP) is 2.91. The molecule has 124 valence electrons. The van der Waals surface area contributed by atoms with Crippen molar-refractivity contribution in [2.24, 2.45) is 0 Å². The molecular formula is C17H22N2O2S2. The molecule has 0 radical (unpaired) electrons. The van der Waals surface area contributed by atoms with Crippen LogP contribution in [0, 0.1) is 0 Å². The average molecular weight is 351 g/mol. The fraction of sp³-hybridized carbons (Fsp3) is 0.529. The molecule has 1 heterocycles. The van der Waals surface area contributed by atoms with Gasteiger partial charge in [0.05, 0.1) is 11.1 Å². The van der Waals surface area contributed by atoms with Crippen molar-refractivity contribution < 1.29 is 9.59 Å². The fourth-order valence-electron chi connectivity index (χ4n) is 2.47. The van der Waals surface area contributed by atoms with Gasteiger partial charge < -0.3 is 10.2 Å². The van der Waals surface area contributed by atoms with Crippen molar-refractivity contribution in [1.82, 2.24) is 10.2 Å². The van der Waals surface area contributed by atoms with E-state index in [4.69, 9.17) is 0 Å². The number of nitrogens with zero attached hydrogens (tertiary/aromatic N) is 1. The SMILES string of the molecule is CN(CC(=O)NC1CC1)C(=O)c1ccc(C2SCCCS2)cc1. The summed E-state index contributed by atoms with van der Waals surface area (Å²) in [4.78, 5) is 25.7. The third-order valence-electron chi connectivity index (χ3n) is 3.93. The molecule has 0 atom stereocenters. The van der Waals surface area contributed by atoms with Crippen LogP contribution in [0.3, 0.4) is 0 Å². The first-order valence-corrected chi connectivity index (χ1v) is 10.1. The first-order valence-electron chi connectivity index (χ1n) is 8.01. The smallest absolute Gasteiger partial charge is 0.254 e. The maximum atomic E-state index is 12.4. The van der Waals surface area contributed by atoms with Crippen LogP contribution in [0.25, 0.3) is 0 Å². The van der Waals surface area contributed by atoms with Crippen LogP contribution in [0.5, 0.6) is 0 Å². The van der Waals surface area contributed by atoms with Crippen LogP contribution in [-0.4, -0.2) is 47.9 Å². The summed E-state index contributed by atoms with van der Waals surface area (Å²) >= 11 is 3.94. The number of rotatable bonds is 5. The van der Waals surface area contributed by atoms with E-state index in [9.17, 15) is 9.59 Å². The van der Waals surface area contributed by atoms with E-state index in [1.54, 1.807) is 7.05 Å². The minimum absolute atomic E-state index is 0.0741. The van der Waals surface area contributed by atoms with Crippen LogP contribution in [0.4, 0.5) is 0 Å². The zero-order chi connectivity index (χ0) is 16.2. The van der Waals surface area contributed by atoms with E-state index in [1.165, 1.54) is 28.4 Å². The number of benzene rings is 1. The monoisotopic (exact) mass is 350 g/mol. The van der Waals surface area contributed by atoms with E-state index in [1.807, 2.05) is 47.8 Å². The molecule has 2 fully saturated rings. The van der Waals surface area contributed by atoms with Crippen LogP contribution in [0.2, 0.25) is 0 Å². The summed E-state index contributed by atoms with van der Waals surface area (Å²) in [5.41, 5.74) is 1.91. The molecular weight excluding hydrogens is 328 g/mol. The van der Waals surface area contributed by atoms with Gasteiger partial charge in [-0.3, -0.25) is 9.59 Å². The highest BCUT2D eigenvalue weighted by atomic mass is 32.2. The molecule has 0 bridgehead atoms. The van der Waals surface area contributed by atoms with Gasteiger partial charge in [0, 0.05) is 18.7 Å². The van der Waals surface area contributed by atoms with E-state index >= 15 is 0 Å². The lowest BCUT2D eigenvalue weighted by atomic mass is 10.1. The van der Waals surface area contributed by atoms with Gasteiger partial charge in [-0.1, -0.05) is 12.1 Å². The van der Waals surface area contributed by atoms with Gasteiger partial charge >= 0.3 is 0 Å². The molecule has 1 saturated heterocycles. The van der Waals surface area contributed by atoms with Gasteiger partial charge in [-0.2, -0.15) is 0 Å². The molecule has 0 unspecified atom stereocenters. The molecule has 1 N–H and O–H groups in total. The lowest BCUT2D eigenvalue weighted by Gasteiger charge is -2.21. The minimum atomic E-state index is -0.105. The Balaban J connectivity index is 1.56. The van der Waals surface area contributed by atoms with Crippen LogP contribution >= 0.6 is 23.5 Å². The quantitative estimate of drug-likeness (QED) is 0.887. The Morgan fingerprint density at radius 2 is 1.83 bits per heavy atom. The van der Waals surface area contributed by atoms with Crippen molar-refractivity contribution in [1.29, 1.82) is 0 Å². The molecule has 23 heavy (non-hydrogen) atoms. The van der Waals surface area contributed by atoms with Gasteiger partial charge in [0.1, 0.15) is 0 Å². The van der Waals surface area contributed by atoms with Crippen molar-refractivity contribution in [3.05, 3.63) is 35.4 Å². The third-order valence-corrected chi connectivity index (χ3v) is 6.94. The summed E-state index contributed by atoms with van der Waals surface area (Å²) in [7, 11) is 1.68. The molecule has 2 aliphatic rings. The number of carbonyl (C=O) groups is 2. The summed E-state index contributed by atoms with van der Waals surface area (Å²) in [6.45, 7) is 0.116. The van der Waals surface area contributed by atoms with Crippen LogP contribution in [-0.2, 0) is 4.79 Å². The Morgan fingerprint density at radius 1 is 1.17 bits per heavy atom. The average Bonchev–Trinajstić information content (AvgIpc) is 3.39. The topological polar surface area (TPSA) is 49.4 Å². The van der Waals surface area contributed by atoms with Gasteiger partial charge in [0.2, 0.25) is 5.91 Å². The minimum Gasteiger partial charge on any atom is -0.352 e. The number of likely N-dealkylation sites (N-methyl/N-ethyl adjacent to an activating group) is 1. The van der Waals surface area contributed by atoms with Crippen LogP contribution in [0.15, 0.2) is 24.3 Å². The Labute approximate surface area is 145 Å². The zero-order valence-corrected chi connectivity index (χ0v) is 14.9. The van der Waals surface area contributed by atoms with Crippen molar-refractivity contribution in [3.8, 4) is 0 Å². The van der Waals surface area contributed by atoms with Crippen molar-refractivity contribution in [3.63, 3.8) is 0 Å². The largest absolute Gasteiger partial charge is 0.352 e. The fourth-order valence-corrected chi connectivity index (χ4v) is 5.37. The predicted molar refractivity (Wildman–Crippen MR) is 96.8 cm³/mol. The van der Waals surface area contributed by atoms with E-state index in [2.05, 4.69) is 5.32 Å². The zero-order valence-electron chi connectivity index (χ0n) is 13.3. The molecule has 6 heteroatoms. The van der Waals surface area contributed by atoms with E-state index in [0.29, 0.717) is 16.2 Å². The maximum absolute atomic E-state index is 12.4.